The Morgan fingerprint density at radius 1 is 1.44 bits per heavy atom. The third-order valence-corrected chi connectivity index (χ3v) is 3.25. The molecular formula is C13H19N3. The highest BCUT2D eigenvalue weighted by Gasteiger charge is 2.30. The van der Waals surface area contributed by atoms with Gasteiger partial charge in [0.05, 0.1) is 6.07 Å². The highest BCUT2D eigenvalue weighted by molar-refractivity contribution is 5.72. The van der Waals surface area contributed by atoms with Gasteiger partial charge in [-0.2, -0.15) is 5.26 Å². The molecule has 0 bridgehead atoms. The molecule has 0 aliphatic heterocycles. The first-order chi connectivity index (χ1) is 7.73. The summed E-state index contributed by atoms with van der Waals surface area (Å²) in [5, 5.41) is 8.37. The van der Waals surface area contributed by atoms with Gasteiger partial charge in [0.25, 0.3) is 0 Å². The maximum absolute atomic E-state index is 8.37. The molecule has 0 unspecified atom stereocenters. The van der Waals surface area contributed by atoms with E-state index in [4.69, 9.17) is 5.26 Å². The highest BCUT2D eigenvalue weighted by Crippen LogP contribution is 2.42. The third kappa shape index (κ3) is 3.30. The zero-order chi connectivity index (χ0) is 11.9. The van der Waals surface area contributed by atoms with Gasteiger partial charge in [-0.15, -0.1) is 0 Å². The minimum Gasteiger partial charge on any atom is -0.278 e. The number of aliphatic imine (C=N–C) groups is 2. The Bertz CT molecular complexity index is 328. The second-order valence-corrected chi connectivity index (χ2v) is 4.48. The summed E-state index contributed by atoms with van der Waals surface area (Å²) in [4.78, 5) is 8.07. The molecule has 0 aromatic carbocycles. The van der Waals surface area contributed by atoms with Crippen LogP contribution in [0.2, 0.25) is 0 Å². The molecule has 0 amide bonds. The molecule has 0 N–H and O–H groups in total. The van der Waals surface area contributed by atoms with E-state index in [0.29, 0.717) is 0 Å². The fraction of sp³-hybridized carbons (Fsp3) is 0.615. The summed E-state index contributed by atoms with van der Waals surface area (Å²) in [5.74, 6) is 0. The van der Waals surface area contributed by atoms with Crippen molar-refractivity contribution in [1.29, 1.82) is 5.26 Å². The van der Waals surface area contributed by atoms with Crippen molar-refractivity contribution in [2.75, 3.05) is 6.54 Å². The zero-order valence-electron chi connectivity index (χ0n) is 9.95. The first-order valence-electron chi connectivity index (χ1n) is 5.77. The summed E-state index contributed by atoms with van der Waals surface area (Å²) in [7, 11) is 0. The van der Waals surface area contributed by atoms with E-state index in [1.54, 1.807) is 6.21 Å². The van der Waals surface area contributed by atoms with Gasteiger partial charge in [-0.3, -0.25) is 9.98 Å². The molecule has 0 aromatic heterocycles. The lowest BCUT2D eigenvalue weighted by atomic mass is 9.73. The minimum atomic E-state index is 0.151. The monoisotopic (exact) mass is 217 g/mol. The Hall–Kier alpha value is -1.43. The van der Waals surface area contributed by atoms with E-state index in [1.165, 1.54) is 32.1 Å². The van der Waals surface area contributed by atoms with Crippen molar-refractivity contribution in [2.24, 2.45) is 15.4 Å². The van der Waals surface area contributed by atoms with Crippen LogP contribution in [0, 0.1) is 16.7 Å². The van der Waals surface area contributed by atoms with Gasteiger partial charge in [0.1, 0.15) is 6.54 Å². The lowest BCUT2D eigenvalue weighted by Crippen LogP contribution is -2.22. The molecule has 3 nitrogen and oxygen atoms in total. The Morgan fingerprint density at radius 3 is 2.69 bits per heavy atom. The van der Waals surface area contributed by atoms with Crippen LogP contribution in [-0.4, -0.2) is 19.5 Å². The van der Waals surface area contributed by atoms with Crippen LogP contribution in [0.25, 0.3) is 0 Å². The number of nitriles is 1. The Labute approximate surface area is 97.6 Å². The lowest BCUT2D eigenvalue weighted by Gasteiger charge is -2.33. The summed E-state index contributed by atoms with van der Waals surface area (Å²) in [6, 6.07) is 1.98. The van der Waals surface area contributed by atoms with Crippen LogP contribution < -0.4 is 0 Å². The molecule has 0 spiro atoms. The van der Waals surface area contributed by atoms with E-state index < -0.39 is 0 Å². The van der Waals surface area contributed by atoms with Gasteiger partial charge >= 0.3 is 0 Å². The standard InChI is InChI=1S/C13H19N3/c1-13(7-4-3-5-8-13)12(15-2)6-10-16-11-9-14/h6,10H,2-5,7-8,11H2,1H3/b12-6-,16-10?. The van der Waals surface area contributed by atoms with E-state index >= 15 is 0 Å². The molecule has 86 valence electrons. The van der Waals surface area contributed by atoms with Gasteiger partial charge in [0, 0.05) is 17.3 Å². The smallest absolute Gasteiger partial charge is 0.126 e. The Morgan fingerprint density at radius 2 is 2.12 bits per heavy atom. The summed E-state index contributed by atoms with van der Waals surface area (Å²) < 4.78 is 0. The van der Waals surface area contributed by atoms with Gasteiger partial charge in [0.2, 0.25) is 0 Å². The first-order valence-corrected chi connectivity index (χ1v) is 5.77. The lowest BCUT2D eigenvalue weighted by molar-refractivity contribution is 0.265. The van der Waals surface area contributed by atoms with E-state index in [0.717, 1.165) is 5.70 Å². The van der Waals surface area contributed by atoms with E-state index in [9.17, 15) is 0 Å². The largest absolute Gasteiger partial charge is 0.278 e. The summed E-state index contributed by atoms with van der Waals surface area (Å²) in [5.41, 5.74) is 1.16. The molecule has 3 heteroatoms. The van der Waals surface area contributed by atoms with Crippen molar-refractivity contribution in [2.45, 2.75) is 39.0 Å². The fourth-order valence-corrected chi connectivity index (χ4v) is 2.25. The number of rotatable bonds is 4. The van der Waals surface area contributed by atoms with Crippen molar-refractivity contribution in [3.8, 4) is 6.07 Å². The van der Waals surface area contributed by atoms with Crippen LogP contribution in [0.4, 0.5) is 0 Å². The van der Waals surface area contributed by atoms with Crippen molar-refractivity contribution in [1.82, 2.24) is 0 Å². The van der Waals surface area contributed by atoms with Crippen molar-refractivity contribution in [3.05, 3.63) is 11.8 Å². The molecular weight excluding hydrogens is 198 g/mol. The van der Waals surface area contributed by atoms with Gasteiger partial charge in [-0.05, 0) is 25.6 Å². The van der Waals surface area contributed by atoms with Gasteiger partial charge in [-0.25, -0.2) is 0 Å². The average molecular weight is 217 g/mol. The molecule has 1 aliphatic rings. The highest BCUT2D eigenvalue weighted by atomic mass is 14.8. The quantitative estimate of drug-likeness (QED) is 0.527. The zero-order valence-corrected chi connectivity index (χ0v) is 9.95. The molecule has 0 heterocycles. The molecule has 1 saturated carbocycles. The maximum atomic E-state index is 8.37. The van der Waals surface area contributed by atoms with Crippen LogP contribution in [0.3, 0.4) is 0 Å². The molecule has 16 heavy (non-hydrogen) atoms. The third-order valence-electron chi connectivity index (χ3n) is 3.25. The van der Waals surface area contributed by atoms with Gasteiger partial charge in [0.15, 0.2) is 0 Å². The molecule has 0 atom stereocenters. The van der Waals surface area contributed by atoms with Crippen LogP contribution in [0.5, 0.6) is 0 Å². The predicted molar refractivity (Wildman–Crippen MR) is 67.8 cm³/mol. The van der Waals surface area contributed by atoms with Crippen LogP contribution in [-0.2, 0) is 0 Å². The van der Waals surface area contributed by atoms with E-state index in [-0.39, 0.29) is 12.0 Å². The molecule has 1 aliphatic carbocycles. The Balaban J connectivity index is 2.72. The second-order valence-electron chi connectivity index (χ2n) is 4.48. The van der Waals surface area contributed by atoms with Crippen LogP contribution in [0.15, 0.2) is 21.8 Å². The predicted octanol–water partition coefficient (Wildman–Crippen LogP) is 3.14. The number of allylic oxidation sites excluding steroid dienone is 2. The number of hydrogen-bond donors (Lipinski definition) is 0. The number of hydrogen-bond acceptors (Lipinski definition) is 3. The SMILES string of the molecule is C=N/C(=C\C=NCC#N)C1(C)CCCCC1. The van der Waals surface area contributed by atoms with E-state index in [2.05, 4.69) is 23.6 Å². The van der Waals surface area contributed by atoms with Crippen LogP contribution in [0.1, 0.15) is 39.0 Å². The summed E-state index contributed by atoms with van der Waals surface area (Å²) in [6.45, 7) is 6.08. The van der Waals surface area contributed by atoms with Crippen molar-refractivity contribution < 1.29 is 0 Å². The fourth-order valence-electron chi connectivity index (χ4n) is 2.25. The Kier molecular flexibility index (Phi) is 4.91. The number of nitrogens with zero attached hydrogens (tertiary/aromatic N) is 3. The first kappa shape index (κ1) is 12.6. The maximum Gasteiger partial charge on any atom is 0.126 e. The normalized spacial score (nSPS) is 20.6. The molecule has 0 aromatic rings. The van der Waals surface area contributed by atoms with E-state index in [1.807, 2.05) is 12.1 Å². The molecule has 1 fully saturated rings. The molecule has 0 radical (unpaired) electrons. The topological polar surface area (TPSA) is 48.5 Å². The molecule has 0 saturated heterocycles. The second kappa shape index (κ2) is 6.22. The van der Waals surface area contributed by atoms with Crippen molar-refractivity contribution >= 4 is 12.9 Å². The average Bonchev–Trinajstić information content (AvgIpc) is 2.30. The summed E-state index contributed by atoms with van der Waals surface area (Å²) in [6.07, 6.45) is 9.76. The van der Waals surface area contributed by atoms with Gasteiger partial charge in [-0.1, -0.05) is 26.2 Å². The molecule has 1 rings (SSSR count). The van der Waals surface area contributed by atoms with Gasteiger partial charge < -0.3 is 0 Å². The van der Waals surface area contributed by atoms with Crippen LogP contribution >= 0.6 is 0 Å². The summed E-state index contributed by atoms with van der Waals surface area (Å²) >= 11 is 0. The minimum absolute atomic E-state index is 0.151. The van der Waals surface area contributed by atoms with Crippen molar-refractivity contribution in [3.63, 3.8) is 0 Å².